The molecule has 1 aromatic heterocycles. The number of fused-ring (bicyclic) bond motifs is 2. The lowest BCUT2D eigenvalue weighted by atomic mass is 9.90. The van der Waals surface area contributed by atoms with Gasteiger partial charge in [0, 0.05) is 16.7 Å². The second-order valence-corrected chi connectivity index (χ2v) is 12.9. The van der Waals surface area contributed by atoms with Gasteiger partial charge in [0.25, 0.3) is 0 Å². The Morgan fingerprint density at radius 3 is 1.60 bits per heavy atom. The van der Waals surface area contributed by atoms with Crippen LogP contribution in [0.25, 0.3) is 88.8 Å². The van der Waals surface area contributed by atoms with Gasteiger partial charge in [-0.1, -0.05) is 152 Å². The van der Waals surface area contributed by atoms with Crippen LogP contribution in [0, 0.1) is 11.3 Å². The molecule has 9 aromatic rings. The van der Waals surface area contributed by atoms with E-state index in [1.807, 2.05) is 60.7 Å². The molecular weight excluding hydrogens is 631 g/mol. The molecule has 0 radical (unpaired) electrons. The van der Waals surface area contributed by atoms with Crippen molar-refractivity contribution in [3.63, 3.8) is 0 Å². The molecule has 0 unspecified atom stereocenters. The molecule has 1 heterocycles. The number of rotatable bonds is 6. The molecule has 0 aliphatic rings. The Labute approximate surface area is 302 Å². The van der Waals surface area contributed by atoms with Gasteiger partial charge in [0.15, 0.2) is 5.82 Å². The summed E-state index contributed by atoms with van der Waals surface area (Å²) in [7, 11) is 0. The maximum atomic E-state index is 9.35. The van der Waals surface area contributed by atoms with E-state index in [-0.39, 0.29) is 0 Å². The molecule has 0 saturated heterocycles. The monoisotopic (exact) mass is 661 g/mol. The molecule has 0 N–H and O–H groups in total. The first-order valence-corrected chi connectivity index (χ1v) is 17.4. The Balaban J connectivity index is 1.08. The molecule has 9 rings (SSSR count). The lowest BCUT2D eigenvalue weighted by Crippen LogP contribution is -1.95. The molecular formula is C49H31N3. The number of hydrogen-bond acceptors (Lipinski definition) is 3. The zero-order valence-electron chi connectivity index (χ0n) is 28.2. The van der Waals surface area contributed by atoms with Gasteiger partial charge in [0.1, 0.15) is 0 Å². The second-order valence-electron chi connectivity index (χ2n) is 12.9. The van der Waals surface area contributed by atoms with E-state index >= 15 is 0 Å². The maximum Gasteiger partial charge on any atom is 0.160 e. The fourth-order valence-corrected chi connectivity index (χ4v) is 7.05. The van der Waals surface area contributed by atoms with Crippen LogP contribution in [0.3, 0.4) is 0 Å². The van der Waals surface area contributed by atoms with Crippen LogP contribution < -0.4 is 0 Å². The average molecular weight is 662 g/mol. The minimum Gasteiger partial charge on any atom is -0.228 e. The fraction of sp³-hybridized carbons (Fsp3) is 0. The molecule has 242 valence electrons. The van der Waals surface area contributed by atoms with Gasteiger partial charge in [-0.2, -0.15) is 5.26 Å². The summed E-state index contributed by atoms with van der Waals surface area (Å²) in [5.41, 5.74) is 12.4. The van der Waals surface area contributed by atoms with Gasteiger partial charge in [-0.15, -0.1) is 0 Å². The highest BCUT2D eigenvalue weighted by Crippen LogP contribution is 2.38. The summed E-state index contributed by atoms with van der Waals surface area (Å²) in [4.78, 5) is 9.95. The Morgan fingerprint density at radius 1 is 0.346 bits per heavy atom. The zero-order valence-corrected chi connectivity index (χ0v) is 28.2. The first kappa shape index (κ1) is 30.9. The van der Waals surface area contributed by atoms with Crippen LogP contribution in [0.1, 0.15) is 5.56 Å². The van der Waals surface area contributed by atoms with Crippen LogP contribution in [0.2, 0.25) is 0 Å². The van der Waals surface area contributed by atoms with Crippen molar-refractivity contribution in [1.29, 1.82) is 5.26 Å². The van der Waals surface area contributed by atoms with E-state index < -0.39 is 0 Å². The zero-order chi connectivity index (χ0) is 34.9. The smallest absolute Gasteiger partial charge is 0.160 e. The normalized spacial score (nSPS) is 11.1. The Hall–Kier alpha value is -7.15. The molecule has 3 heteroatoms. The molecule has 52 heavy (non-hydrogen) atoms. The summed E-state index contributed by atoms with van der Waals surface area (Å²) in [5.74, 6) is 0.710. The quantitative estimate of drug-likeness (QED) is 0.178. The van der Waals surface area contributed by atoms with E-state index in [0.29, 0.717) is 11.4 Å². The molecule has 0 fully saturated rings. The van der Waals surface area contributed by atoms with Crippen LogP contribution in [-0.4, -0.2) is 9.97 Å². The van der Waals surface area contributed by atoms with Crippen LogP contribution >= 0.6 is 0 Å². The van der Waals surface area contributed by atoms with Crippen molar-refractivity contribution in [3.8, 4) is 73.4 Å². The summed E-state index contributed by atoms with van der Waals surface area (Å²) >= 11 is 0. The van der Waals surface area contributed by atoms with Crippen molar-refractivity contribution in [2.75, 3.05) is 0 Å². The topological polar surface area (TPSA) is 49.6 Å². The number of benzene rings is 8. The van der Waals surface area contributed by atoms with E-state index in [0.717, 1.165) is 55.9 Å². The number of aromatic nitrogens is 2. The Morgan fingerprint density at radius 2 is 0.885 bits per heavy atom. The predicted molar refractivity (Wildman–Crippen MR) is 214 cm³/mol. The van der Waals surface area contributed by atoms with Crippen molar-refractivity contribution < 1.29 is 0 Å². The second kappa shape index (κ2) is 13.3. The molecule has 8 aromatic carbocycles. The fourth-order valence-electron chi connectivity index (χ4n) is 7.05. The molecule has 0 saturated carbocycles. The van der Waals surface area contributed by atoms with E-state index in [2.05, 4.69) is 133 Å². The van der Waals surface area contributed by atoms with Crippen molar-refractivity contribution in [1.82, 2.24) is 9.97 Å². The third-order valence-electron chi connectivity index (χ3n) is 9.72. The molecule has 0 aliphatic heterocycles. The van der Waals surface area contributed by atoms with E-state index in [4.69, 9.17) is 9.97 Å². The summed E-state index contributed by atoms with van der Waals surface area (Å²) in [6.45, 7) is 0. The molecule has 3 nitrogen and oxygen atoms in total. The summed E-state index contributed by atoms with van der Waals surface area (Å²) in [5, 5.41) is 14.1. The highest BCUT2D eigenvalue weighted by atomic mass is 14.9. The standard InChI is InChI=1S/C49H31N3/c50-32-33-18-20-35(21-19-33)46-30-42(29-40-14-7-8-16-43(40)46)44-17-9-15-41-28-39(26-27-45(41)44)34-22-24-37(25-23-34)48-31-47(36-10-3-1-4-11-36)51-49(52-48)38-12-5-2-6-13-38/h1-31H. The predicted octanol–water partition coefficient (Wildman–Crippen LogP) is 12.7. The third kappa shape index (κ3) is 5.89. The largest absolute Gasteiger partial charge is 0.228 e. The van der Waals surface area contributed by atoms with Gasteiger partial charge >= 0.3 is 0 Å². The molecule has 0 bridgehead atoms. The molecule has 0 aliphatic carbocycles. The minimum atomic E-state index is 0.659. The van der Waals surface area contributed by atoms with Gasteiger partial charge in [-0.05, 0) is 91.3 Å². The van der Waals surface area contributed by atoms with E-state index in [1.165, 1.54) is 27.1 Å². The van der Waals surface area contributed by atoms with Crippen molar-refractivity contribution in [3.05, 3.63) is 194 Å². The Bertz CT molecular complexity index is 2710. The lowest BCUT2D eigenvalue weighted by molar-refractivity contribution is 1.18. The molecule has 0 atom stereocenters. The molecule has 0 amide bonds. The summed E-state index contributed by atoms with van der Waals surface area (Å²) in [6.07, 6.45) is 0. The molecule has 0 spiro atoms. The van der Waals surface area contributed by atoms with Gasteiger partial charge in [-0.25, -0.2) is 9.97 Å². The third-order valence-corrected chi connectivity index (χ3v) is 9.72. The maximum absolute atomic E-state index is 9.35. The van der Waals surface area contributed by atoms with Gasteiger partial charge in [0.2, 0.25) is 0 Å². The number of hydrogen-bond donors (Lipinski definition) is 0. The summed E-state index contributed by atoms with van der Waals surface area (Å²) in [6, 6.07) is 67.6. The average Bonchev–Trinajstić information content (AvgIpc) is 3.23. The van der Waals surface area contributed by atoms with Gasteiger partial charge in [-0.3, -0.25) is 0 Å². The van der Waals surface area contributed by atoms with Crippen LogP contribution in [-0.2, 0) is 0 Å². The Kier molecular flexibility index (Phi) is 7.89. The van der Waals surface area contributed by atoms with Gasteiger partial charge in [0.05, 0.1) is 23.0 Å². The lowest BCUT2D eigenvalue weighted by Gasteiger charge is -2.14. The number of nitrogens with zero attached hydrogens (tertiary/aromatic N) is 3. The van der Waals surface area contributed by atoms with Crippen LogP contribution in [0.15, 0.2) is 188 Å². The summed E-state index contributed by atoms with van der Waals surface area (Å²) < 4.78 is 0. The van der Waals surface area contributed by atoms with Crippen molar-refractivity contribution in [2.45, 2.75) is 0 Å². The van der Waals surface area contributed by atoms with E-state index in [1.54, 1.807) is 0 Å². The van der Waals surface area contributed by atoms with Crippen molar-refractivity contribution in [2.24, 2.45) is 0 Å². The van der Waals surface area contributed by atoms with Crippen LogP contribution in [0.4, 0.5) is 0 Å². The highest BCUT2D eigenvalue weighted by Gasteiger charge is 2.13. The highest BCUT2D eigenvalue weighted by molar-refractivity contribution is 6.04. The minimum absolute atomic E-state index is 0.659. The first-order chi connectivity index (χ1) is 25.7. The van der Waals surface area contributed by atoms with Gasteiger partial charge < -0.3 is 0 Å². The first-order valence-electron chi connectivity index (χ1n) is 17.4. The van der Waals surface area contributed by atoms with Crippen molar-refractivity contribution >= 4 is 21.5 Å². The number of nitriles is 1. The van der Waals surface area contributed by atoms with Crippen LogP contribution in [0.5, 0.6) is 0 Å². The SMILES string of the molecule is N#Cc1ccc(-c2cc(-c3cccc4cc(-c5ccc(-c6cc(-c7ccccc7)nc(-c7ccccc7)n6)cc5)ccc34)cc3ccccc23)cc1. The van der Waals surface area contributed by atoms with E-state index in [9.17, 15) is 5.26 Å².